The molecule has 0 aromatic carbocycles. The molecule has 6 heteroatoms. The van der Waals surface area contributed by atoms with E-state index in [1.165, 1.54) is 4.90 Å². The number of alkyl halides is 3. The second-order valence-corrected chi connectivity index (χ2v) is 5.98. The van der Waals surface area contributed by atoms with E-state index >= 15 is 0 Å². The Labute approximate surface area is 106 Å². The number of nitrogens with zero attached hydrogens (tertiary/aromatic N) is 1. The summed E-state index contributed by atoms with van der Waals surface area (Å²) in [6, 6.07) is -0.667. The summed E-state index contributed by atoms with van der Waals surface area (Å²) < 4.78 is 37.5. The van der Waals surface area contributed by atoms with Gasteiger partial charge in [0.2, 0.25) is 5.91 Å². The van der Waals surface area contributed by atoms with E-state index in [-0.39, 0.29) is 37.3 Å². The summed E-state index contributed by atoms with van der Waals surface area (Å²) in [6.45, 7) is 5.83. The van der Waals surface area contributed by atoms with Gasteiger partial charge in [-0.25, -0.2) is 0 Å². The van der Waals surface area contributed by atoms with Gasteiger partial charge in [0, 0.05) is 13.1 Å². The number of carbonyl (C=O) groups excluding carboxylic acids is 1. The van der Waals surface area contributed by atoms with Crippen molar-refractivity contribution >= 4 is 5.91 Å². The third-order valence-electron chi connectivity index (χ3n) is 3.47. The number of rotatable bonds is 1. The van der Waals surface area contributed by atoms with E-state index in [1.54, 1.807) is 0 Å². The predicted octanol–water partition coefficient (Wildman–Crippen LogP) is 2.16. The second-order valence-electron chi connectivity index (χ2n) is 5.98. The number of piperidine rings is 1. The summed E-state index contributed by atoms with van der Waals surface area (Å²) in [4.78, 5) is 13.5. The van der Waals surface area contributed by atoms with E-state index < -0.39 is 18.1 Å². The van der Waals surface area contributed by atoms with Crippen LogP contribution in [0.1, 0.15) is 33.6 Å². The number of carbonyl (C=O) groups is 1. The molecule has 0 spiro atoms. The van der Waals surface area contributed by atoms with Crippen LogP contribution in [0.2, 0.25) is 0 Å². The summed E-state index contributed by atoms with van der Waals surface area (Å²) in [5, 5.41) is 0. The first-order valence-corrected chi connectivity index (χ1v) is 6.14. The maximum absolute atomic E-state index is 12.5. The van der Waals surface area contributed by atoms with Crippen molar-refractivity contribution in [2.45, 2.75) is 45.8 Å². The van der Waals surface area contributed by atoms with Crippen LogP contribution in [0.15, 0.2) is 0 Å². The van der Waals surface area contributed by atoms with Crippen LogP contribution in [0.25, 0.3) is 0 Å². The highest BCUT2D eigenvalue weighted by atomic mass is 19.4. The van der Waals surface area contributed by atoms with Crippen molar-refractivity contribution in [1.82, 2.24) is 4.90 Å². The number of nitrogens with two attached hydrogens (primary N) is 1. The maximum Gasteiger partial charge on any atom is 0.391 e. The molecule has 1 fully saturated rings. The van der Waals surface area contributed by atoms with Crippen molar-refractivity contribution in [2.24, 2.45) is 17.1 Å². The van der Waals surface area contributed by atoms with Crippen LogP contribution in [-0.2, 0) is 4.79 Å². The highest BCUT2D eigenvalue weighted by molar-refractivity contribution is 5.82. The molecule has 0 saturated carbocycles. The summed E-state index contributed by atoms with van der Waals surface area (Å²) >= 11 is 0. The summed E-state index contributed by atoms with van der Waals surface area (Å²) in [7, 11) is 0. The molecule has 0 unspecified atom stereocenters. The predicted molar refractivity (Wildman–Crippen MR) is 62.8 cm³/mol. The van der Waals surface area contributed by atoms with Crippen molar-refractivity contribution in [3.8, 4) is 0 Å². The number of amides is 1. The van der Waals surface area contributed by atoms with Crippen molar-refractivity contribution in [3.63, 3.8) is 0 Å². The molecule has 1 heterocycles. The molecule has 0 aliphatic carbocycles. The monoisotopic (exact) mass is 266 g/mol. The molecule has 0 aromatic heterocycles. The van der Waals surface area contributed by atoms with Crippen molar-refractivity contribution in [1.29, 1.82) is 0 Å². The van der Waals surface area contributed by atoms with Crippen molar-refractivity contribution < 1.29 is 18.0 Å². The van der Waals surface area contributed by atoms with E-state index in [1.807, 2.05) is 20.8 Å². The van der Waals surface area contributed by atoms with Gasteiger partial charge in [-0.05, 0) is 18.3 Å². The first-order valence-electron chi connectivity index (χ1n) is 6.14. The quantitative estimate of drug-likeness (QED) is 0.790. The number of hydrogen-bond acceptors (Lipinski definition) is 2. The molecule has 1 aliphatic heterocycles. The highest BCUT2D eigenvalue weighted by Gasteiger charge is 2.42. The highest BCUT2D eigenvalue weighted by Crippen LogP contribution is 2.34. The van der Waals surface area contributed by atoms with E-state index in [2.05, 4.69) is 0 Å². The number of likely N-dealkylation sites (tertiary alicyclic amines) is 1. The Morgan fingerprint density at radius 3 is 2.00 bits per heavy atom. The molecule has 106 valence electrons. The molecule has 0 radical (unpaired) electrons. The molecule has 0 aromatic rings. The van der Waals surface area contributed by atoms with Crippen LogP contribution in [0.4, 0.5) is 13.2 Å². The molecule has 1 amide bonds. The SMILES string of the molecule is CC(C)(C)[C@H](N)C(=O)N1CCC(C(F)(F)F)CC1. The molecule has 2 N–H and O–H groups in total. The first-order chi connectivity index (χ1) is 8.03. The van der Waals surface area contributed by atoms with Gasteiger partial charge in [-0.15, -0.1) is 0 Å². The zero-order valence-electron chi connectivity index (χ0n) is 11.0. The van der Waals surface area contributed by atoms with Gasteiger partial charge in [0.1, 0.15) is 0 Å². The number of halogens is 3. The van der Waals surface area contributed by atoms with Crippen LogP contribution in [0, 0.1) is 11.3 Å². The van der Waals surface area contributed by atoms with Crippen LogP contribution in [0.3, 0.4) is 0 Å². The van der Waals surface area contributed by atoms with Gasteiger partial charge >= 0.3 is 6.18 Å². The Morgan fingerprint density at radius 2 is 1.67 bits per heavy atom. The summed E-state index contributed by atoms with van der Waals surface area (Å²) in [6.07, 6.45) is -4.19. The van der Waals surface area contributed by atoms with E-state index in [4.69, 9.17) is 5.73 Å². The van der Waals surface area contributed by atoms with Gasteiger partial charge in [-0.3, -0.25) is 4.79 Å². The Kier molecular flexibility index (Phi) is 4.30. The largest absolute Gasteiger partial charge is 0.391 e. The molecule has 1 atom stereocenters. The molecular formula is C12H21F3N2O. The van der Waals surface area contributed by atoms with Crippen LogP contribution in [-0.4, -0.2) is 36.1 Å². The average Bonchev–Trinajstić information content (AvgIpc) is 2.25. The first kappa shape index (κ1) is 15.3. The lowest BCUT2D eigenvalue weighted by molar-refractivity contribution is -0.186. The molecular weight excluding hydrogens is 245 g/mol. The number of hydrogen-bond donors (Lipinski definition) is 1. The van der Waals surface area contributed by atoms with E-state index in [0.29, 0.717) is 0 Å². The standard InChI is InChI=1S/C12H21F3N2O/c1-11(2,3)9(16)10(18)17-6-4-8(5-7-17)12(13,14)15/h8-9H,4-7,16H2,1-3H3/t9-/m1/s1. The minimum Gasteiger partial charge on any atom is -0.341 e. The summed E-state index contributed by atoms with van der Waals surface area (Å²) in [5.41, 5.74) is 5.46. The van der Waals surface area contributed by atoms with Crippen molar-refractivity contribution in [3.05, 3.63) is 0 Å². The lowest BCUT2D eigenvalue weighted by atomic mass is 9.86. The normalized spacial score (nSPS) is 20.9. The Bertz CT molecular complexity index is 301. The van der Waals surface area contributed by atoms with Gasteiger partial charge in [0.15, 0.2) is 0 Å². The Morgan fingerprint density at radius 1 is 1.22 bits per heavy atom. The Balaban J connectivity index is 2.56. The zero-order valence-corrected chi connectivity index (χ0v) is 11.0. The van der Waals surface area contributed by atoms with Gasteiger partial charge in [0.05, 0.1) is 12.0 Å². The molecule has 1 rings (SSSR count). The lowest BCUT2D eigenvalue weighted by Gasteiger charge is -2.37. The van der Waals surface area contributed by atoms with Gasteiger partial charge < -0.3 is 10.6 Å². The van der Waals surface area contributed by atoms with Crippen LogP contribution < -0.4 is 5.73 Å². The molecule has 1 saturated heterocycles. The van der Waals surface area contributed by atoms with E-state index in [0.717, 1.165) is 0 Å². The lowest BCUT2D eigenvalue weighted by Crippen LogP contribution is -2.53. The van der Waals surface area contributed by atoms with Crippen molar-refractivity contribution in [2.75, 3.05) is 13.1 Å². The molecule has 1 aliphatic rings. The second kappa shape index (κ2) is 5.07. The zero-order chi connectivity index (χ0) is 14.1. The molecule has 18 heavy (non-hydrogen) atoms. The minimum atomic E-state index is -4.15. The topological polar surface area (TPSA) is 46.3 Å². The smallest absolute Gasteiger partial charge is 0.341 e. The fraction of sp³-hybridized carbons (Fsp3) is 0.917. The van der Waals surface area contributed by atoms with Crippen LogP contribution >= 0.6 is 0 Å². The Hall–Kier alpha value is -0.780. The third-order valence-corrected chi connectivity index (χ3v) is 3.47. The van der Waals surface area contributed by atoms with Gasteiger partial charge in [0.25, 0.3) is 0 Å². The third kappa shape index (κ3) is 3.60. The van der Waals surface area contributed by atoms with Gasteiger partial charge in [-0.2, -0.15) is 13.2 Å². The van der Waals surface area contributed by atoms with E-state index in [9.17, 15) is 18.0 Å². The fourth-order valence-corrected chi connectivity index (χ4v) is 1.99. The van der Waals surface area contributed by atoms with Gasteiger partial charge in [-0.1, -0.05) is 20.8 Å². The molecule has 3 nitrogen and oxygen atoms in total. The maximum atomic E-state index is 12.5. The minimum absolute atomic E-state index is 0.0217. The average molecular weight is 266 g/mol. The fourth-order valence-electron chi connectivity index (χ4n) is 1.99. The summed E-state index contributed by atoms with van der Waals surface area (Å²) in [5.74, 6) is -1.53. The van der Waals surface area contributed by atoms with Crippen LogP contribution in [0.5, 0.6) is 0 Å². The molecule has 0 bridgehead atoms.